The second-order valence-corrected chi connectivity index (χ2v) is 7.79. The highest BCUT2D eigenvalue weighted by Gasteiger charge is 2.11. The van der Waals surface area contributed by atoms with Crippen molar-refractivity contribution in [2.45, 2.75) is 45.0 Å². The fourth-order valence-electron chi connectivity index (χ4n) is 3.21. The summed E-state index contributed by atoms with van der Waals surface area (Å²) < 4.78 is 5.97. The molecule has 1 heterocycles. The van der Waals surface area contributed by atoms with E-state index in [4.69, 9.17) is 4.74 Å². The first-order chi connectivity index (χ1) is 14.6. The molecule has 0 spiro atoms. The summed E-state index contributed by atoms with van der Waals surface area (Å²) in [6.07, 6.45) is 2.99. The van der Waals surface area contributed by atoms with Gasteiger partial charge in [0.1, 0.15) is 12.4 Å². The number of hydrogen-bond acceptors (Lipinski definition) is 5. The number of aromatic nitrogens is 2. The van der Waals surface area contributed by atoms with Crippen molar-refractivity contribution >= 4 is 17.7 Å². The number of nitrogens with one attached hydrogen (secondary N) is 1. The Balaban J connectivity index is 1.54. The van der Waals surface area contributed by atoms with E-state index in [1.807, 2.05) is 74.7 Å². The highest BCUT2D eigenvalue weighted by atomic mass is 32.2. The lowest BCUT2D eigenvalue weighted by Gasteiger charge is -2.13. The molecule has 0 saturated heterocycles. The van der Waals surface area contributed by atoms with Gasteiger partial charge in [0.15, 0.2) is 5.16 Å². The third-order valence-corrected chi connectivity index (χ3v) is 5.42. The first kappa shape index (κ1) is 21.8. The molecule has 3 aromatic rings. The Kier molecular flexibility index (Phi) is 7.85. The molecule has 2 aromatic carbocycles. The van der Waals surface area contributed by atoms with Crippen molar-refractivity contribution < 1.29 is 9.53 Å². The molecule has 0 fully saturated rings. The quantitative estimate of drug-likeness (QED) is 0.403. The van der Waals surface area contributed by atoms with Crippen LogP contribution >= 0.6 is 11.8 Å². The summed E-state index contributed by atoms with van der Waals surface area (Å²) in [7, 11) is 0. The molecular formula is C24H27N3O2S. The summed E-state index contributed by atoms with van der Waals surface area (Å²) in [5.74, 6) is 0.787. The van der Waals surface area contributed by atoms with Crippen LogP contribution in [0, 0.1) is 13.8 Å². The lowest BCUT2D eigenvalue weighted by molar-refractivity contribution is -0.121. The van der Waals surface area contributed by atoms with E-state index < -0.39 is 0 Å². The minimum Gasteiger partial charge on any atom is -0.489 e. The van der Waals surface area contributed by atoms with Crippen LogP contribution in [-0.2, 0) is 24.4 Å². The SMILES string of the molecule is CSc1nc(C)c(CCC(=O)NCc2ccccc2OCc2ccccc2)c(C)n1. The Bertz CT molecular complexity index is 970. The molecule has 3 rings (SSSR count). The molecule has 0 aliphatic rings. The van der Waals surface area contributed by atoms with Crippen LogP contribution in [-0.4, -0.2) is 22.1 Å². The monoisotopic (exact) mass is 421 g/mol. The number of ether oxygens (including phenoxy) is 1. The maximum absolute atomic E-state index is 12.4. The van der Waals surface area contributed by atoms with E-state index in [0.29, 0.717) is 26.0 Å². The summed E-state index contributed by atoms with van der Waals surface area (Å²) in [6.45, 7) is 4.88. The minimum absolute atomic E-state index is 0.000561. The molecule has 0 radical (unpaired) electrons. The molecule has 0 atom stereocenters. The van der Waals surface area contributed by atoms with Gasteiger partial charge in [-0.25, -0.2) is 9.97 Å². The number of thioether (sulfide) groups is 1. The van der Waals surface area contributed by atoms with Gasteiger partial charge in [-0.3, -0.25) is 4.79 Å². The van der Waals surface area contributed by atoms with Crippen LogP contribution in [0.25, 0.3) is 0 Å². The average molecular weight is 422 g/mol. The number of nitrogens with zero attached hydrogens (tertiary/aromatic N) is 2. The minimum atomic E-state index is 0.000561. The van der Waals surface area contributed by atoms with E-state index in [1.54, 1.807) is 0 Å². The van der Waals surface area contributed by atoms with Crippen LogP contribution in [0.3, 0.4) is 0 Å². The highest BCUT2D eigenvalue weighted by Crippen LogP contribution is 2.20. The summed E-state index contributed by atoms with van der Waals surface area (Å²) in [6, 6.07) is 17.8. The van der Waals surface area contributed by atoms with E-state index in [2.05, 4.69) is 15.3 Å². The van der Waals surface area contributed by atoms with Gasteiger partial charge in [-0.05, 0) is 43.7 Å². The zero-order valence-electron chi connectivity index (χ0n) is 17.6. The zero-order chi connectivity index (χ0) is 21.3. The topological polar surface area (TPSA) is 64.1 Å². The van der Waals surface area contributed by atoms with Gasteiger partial charge in [0.25, 0.3) is 0 Å². The van der Waals surface area contributed by atoms with Crippen molar-refractivity contribution in [3.63, 3.8) is 0 Å². The number of para-hydroxylation sites is 1. The van der Waals surface area contributed by atoms with Crippen molar-refractivity contribution in [1.82, 2.24) is 15.3 Å². The predicted octanol–water partition coefficient (Wildman–Crippen LogP) is 4.64. The van der Waals surface area contributed by atoms with Gasteiger partial charge in [0.2, 0.25) is 5.91 Å². The van der Waals surface area contributed by atoms with Crippen LogP contribution in [0.2, 0.25) is 0 Å². The standard InChI is InChI=1S/C24H27N3O2S/c1-17-21(18(2)27-24(26-17)30-3)13-14-23(28)25-15-20-11-7-8-12-22(20)29-16-19-9-5-4-6-10-19/h4-12H,13-16H2,1-3H3,(H,25,28). The second-order valence-electron chi connectivity index (χ2n) is 7.02. The number of hydrogen-bond donors (Lipinski definition) is 1. The Morgan fingerprint density at radius 2 is 1.67 bits per heavy atom. The Morgan fingerprint density at radius 3 is 2.37 bits per heavy atom. The Labute approximate surface area is 182 Å². The fourth-order valence-corrected chi connectivity index (χ4v) is 3.66. The van der Waals surface area contributed by atoms with Gasteiger partial charge in [-0.2, -0.15) is 0 Å². The first-order valence-corrected chi connectivity index (χ1v) is 11.2. The number of rotatable bonds is 9. The molecule has 0 bridgehead atoms. The molecule has 0 saturated carbocycles. The van der Waals surface area contributed by atoms with Gasteiger partial charge in [-0.1, -0.05) is 60.3 Å². The smallest absolute Gasteiger partial charge is 0.220 e. The van der Waals surface area contributed by atoms with E-state index in [0.717, 1.165) is 39.0 Å². The van der Waals surface area contributed by atoms with Crippen molar-refractivity contribution in [3.8, 4) is 5.75 Å². The van der Waals surface area contributed by atoms with Crippen LogP contribution < -0.4 is 10.1 Å². The third kappa shape index (κ3) is 6.07. The average Bonchev–Trinajstić information content (AvgIpc) is 2.76. The number of aryl methyl sites for hydroxylation is 2. The molecule has 30 heavy (non-hydrogen) atoms. The van der Waals surface area contributed by atoms with Crippen molar-refractivity contribution in [2.24, 2.45) is 0 Å². The van der Waals surface area contributed by atoms with Crippen LogP contribution in [0.1, 0.15) is 34.5 Å². The number of benzene rings is 2. The first-order valence-electron chi connectivity index (χ1n) is 9.96. The normalized spacial score (nSPS) is 10.6. The Morgan fingerprint density at radius 1 is 1.00 bits per heavy atom. The molecule has 5 nitrogen and oxygen atoms in total. The van der Waals surface area contributed by atoms with E-state index in [9.17, 15) is 4.79 Å². The maximum atomic E-state index is 12.4. The van der Waals surface area contributed by atoms with Crippen LogP contribution in [0.15, 0.2) is 59.8 Å². The van der Waals surface area contributed by atoms with Crippen LogP contribution in [0.4, 0.5) is 0 Å². The number of amides is 1. The molecular weight excluding hydrogens is 394 g/mol. The lowest BCUT2D eigenvalue weighted by Crippen LogP contribution is -2.23. The van der Waals surface area contributed by atoms with E-state index in [-0.39, 0.29) is 5.91 Å². The van der Waals surface area contributed by atoms with Gasteiger partial charge < -0.3 is 10.1 Å². The van der Waals surface area contributed by atoms with Crippen molar-refractivity contribution in [1.29, 1.82) is 0 Å². The molecule has 1 amide bonds. The molecule has 1 N–H and O–H groups in total. The van der Waals surface area contributed by atoms with E-state index >= 15 is 0 Å². The molecule has 0 aliphatic carbocycles. The lowest BCUT2D eigenvalue weighted by atomic mass is 10.1. The molecule has 156 valence electrons. The largest absolute Gasteiger partial charge is 0.489 e. The van der Waals surface area contributed by atoms with Crippen molar-refractivity contribution in [2.75, 3.05) is 6.26 Å². The third-order valence-electron chi connectivity index (χ3n) is 4.87. The van der Waals surface area contributed by atoms with Gasteiger partial charge in [0, 0.05) is 29.9 Å². The highest BCUT2D eigenvalue weighted by molar-refractivity contribution is 7.98. The Hall–Kier alpha value is -2.86. The van der Waals surface area contributed by atoms with Crippen LogP contribution in [0.5, 0.6) is 5.75 Å². The maximum Gasteiger partial charge on any atom is 0.220 e. The molecule has 1 aromatic heterocycles. The van der Waals surface area contributed by atoms with E-state index in [1.165, 1.54) is 11.8 Å². The number of carbonyl (C=O) groups excluding carboxylic acids is 1. The second kappa shape index (κ2) is 10.8. The van der Waals surface area contributed by atoms with Gasteiger partial charge in [-0.15, -0.1) is 0 Å². The summed E-state index contributed by atoms with van der Waals surface area (Å²) in [5, 5.41) is 3.77. The number of carbonyl (C=O) groups is 1. The summed E-state index contributed by atoms with van der Waals surface area (Å²) in [4.78, 5) is 21.4. The molecule has 0 unspecified atom stereocenters. The van der Waals surface area contributed by atoms with Crippen molar-refractivity contribution in [3.05, 3.63) is 82.7 Å². The predicted molar refractivity (Wildman–Crippen MR) is 121 cm³/mol. The summed E-state index contributed by atoms with van der Waals surface area (Å²) >= 11 is 1.53. The summed E-state index contributed by atoms with van der Waals surface area (Å²) in [5.41, 5.74) is 5.01. The van der Waals surface area contributed by atoms with Gasteiger partial charge in [0.05, 0.1) is 0 Å². The molecule has 6 heteroatoms. The van der Waals surface area contributed by atoms with Gasteiger partial charge >= 0.3 is 0 Å². The zero-order valence-corrected chi connectivity index (χ0v) is 18.5. The fraction of sp³-hybridized carbons (Fsp3) is 0.292. The molecule has 0 aliphatic heterocycles.